The number of hydrogen-bond donors (Lipinski definition) is 2. The van der Waals surface area contributed by atoms with Crippen LogP contribution in [0.3, 0.4) is 0 Å². The summed E-state index contributed by atoms with van der Waals surface area (Å²) in [7, 11) is 0. The fourth-order valence-corrected chi connectivity index (χ4v) is 1.48. The summed E-state index contributed by atoms with van der Waals surface area (Å²) in [6.07, 6.45) is 0. The van der Waals surface area contributed by atoms with Gasteiger partial charge in [0.25, 0.3) is 0 Å². The molecule has 0 fully saturated rings. The molecule has 0 spiro atoms. The van der Waals surface area contributed by atoms with Crippen molar-refractivity contribution in [3.63, 3.8) is 0 Å². The molecule has 0 aliphatic rings. The third kappa shape index (κ3) is 2.01. The van der Waals surface area contributed by atoms with Crippen molar-refractivity contribution < 1.29 is 5.11 Å². The molecule has 0 aliphatic heterocycles. The van der Waals surface area contributed by atoms with Crippen molar-refractivity contribution in [3.05, 3.63) is 29.3 Å². The van der Waals surface area contributed by atoms with E-state index < -0.39 is 0 Å². The smallest absolute Gasteiger partial charge is 0.0704 e. The number of rotatable bonds is 1. The van der Waals surface area contributed by atoms with E-state index in [2.05, 4.69) is 20.8 Å². The van der Waals surface area contributed by atoms with Crippen LogP contribution in [0.5, 0.6) is 0 Å². The van der Waals surface area contributed by atoms with E-state index in [9.17, 15) is 5.11 Å². The Balaban J connectivity index is 3.29. The van der Waals surface area contributed by atoms with Gasteiger partial charge >= 0.3 is 0 Å². The molecule has 72 valence electrons. The van der Waals surface area contributed by atoms with Gasteiger partial charge in [0.05, 0.1) is 6.61 Å². The second-order valence-corrected chi connectivity index (χ2v) is 4.28. The number of nitrogens with two attached hydrogens (primary N) is 1. The standard InChI is InChI=1S/C11H17NO/c1-11(2,3)9-5-4-6-10(12)8(9)7-13/h4-6,13H,7,12H2,1-3H3. The molecule has 0 bridgehead atoms. The Labute approximate surface area is 79.4 Å². The van der Waals surface area contributed by atoms with Crippen LogP contribution in [0.2, 0.25) is 0 Å². The Morgan fingerprint density at radius 2 is 1.92 bits per heavy atom. The zero-order chi connectivity index (χ0) is 10.1. The number of anilines is 1. The molecule has 0 aromatic heterocycles. The predicted molar refractivity (Wildman–Crippen MR) is 55.5 cm³/mol. The van der Waals surface area contributed by atoms with Crippen LogP contribution in [0.1, 0.15) is 31.9 Å². The lowest BCUT2D eigenvalue weighted by Gasteiger charge is -2.23. The van der Waals surface area contributed by atoms with E-state index in [-0.39, 0.29) is 12.0 Å². The Morgan fingerprint density at radius 1 is 1.31 bits per heavy atom. The van der Waals surface area contributed by atoms with E-state index in [1.54, 1.807) is 0 Å². The van der Waals surface area contributed by atoms with Gasteiger partial charge in [-0.3, -0.25) is 0 Å². The highest BCUT2D eigenvalue weighted by Crippen LogP contribution is 2.28. The number of nitrogen functional groups attached to an aromatic ring is 1. The topological polar surface area (TPSA) is 46.2 Å². The average Bonchev–Trinajstić information content (AvgIpc) is 2.02. The Kier molecular flexibility index (Phi) is 2.62. The molecule has 0 aliphatic carbocycles. The predicted octanol–water partition coefficient (Wildman–Crippen LogP) is 2.06. The van der Waals surface area contributed by atoms with Crippen molar-refractivity contribution in [2.75, 3.05) is 5.73 Å². The van der Waals surface area contributed by atoms with Gasteiger partial charge in [0.1, 0.15) is 0 Å². The first-order chi connectivity index (χ1) is 5.96. The summed E-state index contributed by atoms with van der Waals surface area (Å²) in [6.45, 7) is 6.35. The molecular weight excluding hydrogens is 162 g/mol. The number of benzene rings is 1. The molecule has 1 aromatic carbocycles. The van der Waals surface area contributed by atoms with Gasteiger partial charge in [-0.2, -0.15) is 0 Å². The summed E-state index contributed by atoms with van der Waals surface area (Å²) in [6, 6.07) is 5.76. The highest BCUT2D eigenvalue weighted by molar-refractivity contribution is 5.52. The maximum Gasteiger partial charge on any atom is 0.0704 e. The van der Waals surface area contributed by atoms with Crippen LogP contribution in [-0.4, -0.2) is 5.11 Å². The van der Waals surface area contributed by atoms with Crippen molar-refractivity contribution in [3.8, 4) is 0 Å². The fourth-order valence-electron chi connectivity index (χ4n) is 1.48. The molecule has 1 aromatic rings. The molecule has 3 N–H and O–H groups in total. The van der Waals surface area contributed by atoms with Crippen LogP contribution >= 0.6 is 0 Å². The minimum atomic E-state index is 0.0132. The first kappa shape index (κ1) is 10.1. The Morgan fingerprint density at radius 3 is 2.31 bits per heavy atom. The molecule has 1 rings (SSSR count). The second kappa shape index (κ2) is 3.38. The fraction of sp³-hybridized carbons (Fsp3) is 0.455. The zero-order valence-corrected chi connectivity index (χ0v) is 8.46. The summed E-state index contributed by atoms with van der Waals surface area (Å²) in [5, 5.41) is 9.18. The van der Waals surface area contributed by atoms with Gasteiger partial charge in [-0.15, -0.1) is 0 Å². The first-order valence-corrected chi connectivity index (χ1v) is 4.45. The van der Waals surface area contributed by atoms with Crippen molar-refractivity contribution in [1.29, 1.82) is 0 Å². The Hall–Kier alpha value is -1.02. The Bertz CT molecular complexity index is 299. The normalized spacial score (nSPS) is 11.7. The lowest BCUT2D eigenvalue weighted by molar-refractivity contribution is 0.279. The molecule has 0 heterocycles. The summed E-state index contributed by atoms with van der Waals surface area (Å²) in [5.41, 5.74) is 8.46. The molecule has 0 saturated carbocycles. The van der Waals surface area contributed by atoms with Gasteiger partial charge < -0.3 is 10.8 Å². The van der Waals surface area contributed by atoms with Crippen LogP contribution in [0, 0.1) is 0 Å². The van der Waals surface area contributed by atoms with Gasteiger partial charge in [0, 0.05) is 11.3 Å². The van der Waals surface area contributed by atoms with Gasteiger partial charge in [-0.05, 0) is 17.0 Å². The van der Waals surface area contributed by atoms with Crippen LogP contribution in [0.4, 0.5) is 5.69 Å². The van der Waals surface area contributed by atoms with E-state index in [0.29, 0.717) is 5.69 Å². The highest BCUT2D eigenvalue weighted by atomic mass is 16.3. The van der Waals surface area contributed by atoms with Crippen molar-refractivity contribution >= 4 is 5.69 Å². The molecule has 0 amide bonds. The molecule has 2 heteroatoms. The lowest BCUT2D eigenvalue weighted by Crippen LogP contribution is -2.15. The van der Waals surface area contributed by atoms with Gasteiger partial charge in [0.2, 0.25) is 0 Å². The third-order valence-electron chi connectivity index (χ3n) is 2.18. The maximum atomic E-state index is 9.18. The second-order valence-electron chi connectivity index (χ2n) is 4.28. The summed E-state index contributed by atoms with van der Waals surface area (Å²) in [5.74, 6) is 0. The number of aliphatic hydroxyl groups is 1. The van der Waals surface area contributed by atoms with E-state index in [0.717, 1.165) is 11.1 Å². The van der Waals surface area contributed by atoms with E-state index in [1.807, 2.05) is 18.2 Å². The molecule has 0 saturated heterocycles. The molecule has 13 heavy (non-hydrogen) atoms. The molecule has 2 nitrogen and oxygen atoms in total. The summed E-state index contributed by atoms with van der Waals surface area (Å²) >= 11 is 0. The molecule has 0 atom stereocenters. The van der Waals surface area contributed by atoms with E-state index in [1.165, 1.54) is 0 Å². The quantitative estimate of drug-likeness (QED) is 0.648. The average molecular weight is 179 g/mol. The van der Waals surface area contributed by atoms with Crippen LogP contribution in [0.15, 0.2) is 18.2 Å². The molecule has 0 radical (unpaired) electrons. The number of hydrogen-bond acceptors (Lipinski definition) is 2. The highest BCUT2D eigenvalue weighted by Gasteiger charge is 2.18. The lowest BCUT2D eigenvalue weighted by atomic mass is 9.83. The zero-order valence-electron chi connectivity index (χ0n) is 8.46. The molecular formula is C11H17NO. The summed E-state index contributed by atoms with van der Waals surface area (Å²) in [4.78, 5) is 0. The SMILES string of the molecule is CC(C)(C)c1cccc(N)c1CO. The maximum absolute atomic E-state index is 9.18. The number of aliphatic hydroxyl groups excluding tert-OH is 1. The van der Waals surface area contributed by atoms with E-state index >= 15 is 0 Å². The van der Waals surface area contributed by atoms with Crippen LogP contribution in [0.25, 0.3) is 0 Å². The van der Waals surface area contributed by atoms with Crippen molar-refractivity contribution in [2.24, 2.45) is 0 Å². The largest absolute Gasteiger partial charge is 0.398 e. The minimum absolute atomic E-state index is 0.0132. The first-order valence-electron chi connectivity index (χ1n) is 4.45. The third-order valence-corrected chi connectivity index (χ3v) is 2.18. The van der Waals surface area contributed by atoms with Gasteiger partial charge in [-0.1, -0.05) is 32.9 Å². The summed E-state index contributed by atoms with van der Waals surface area (Å²) < 4.78 is 0. The van der Waals surface area contributed by atoms with Crippen LogP contribution < -0.4 is 5.73 Å². The van der Waals surface area contributed by atoms with Crippen molar-refractivity contribution in [1.82, 2.24) is 0 Å². The van der Waals surface area contributed by atoms with E-state index in [4.69, 9.17) is 5.73 Å². The monoisotopic (exact) mass is 179 g/mol. The van der Waals surface area contributed by atoms with Gasteiger partial charge in [-0.25, -0.2) is 0 Å². The minimum Gasteiger partial charge on any atom is -0.398 e. The van der Waals surface area contributed by atoms with Crippen LogP contribution in [-0.2, 0) is 12.0 Å². The van der Waals surface area contributed by atoms with Gasteiger partial charge in [0.15, 0.2) is 0 Å². The molecule has 0 unspecified atom stereocenters. The van der Waals surface area contributed by atoms with Crippen molar-refractivity contribution in [2.45, 2.75) is 32.8 Å².